The van der Waals surface area contributed by atoms with Crippen molar-refractivity contribution in [3.63, 3.8) is 0 Å². The van der Waals surface area contributed by atoms with E-state index in [1.807, 2.05) is 30.3 Å². The molecule has 0 bridgehead atoms. The molecule has 0 aliphatic heterocycles. The van der Waals surface area contributed by atoms with Crippen LogP contribution in [0.25, 0.3) is 0 Å². The fourth-order valence-corrected chi connectivity index (χ4v) is 2.21. The predicted octanol–water partition coefficient (Wildman–Crippen LogP) is 2.26. The Hall–Kier alpha value is -3.61. The van der Waals surface area contributed by atoms with E-state index in [0.29, 0.717) is 17.8 Å². The van der Waals surface area contributed by atoms with Crippen molar-refractivity contribution in [2.75, 3.05) is 19.5 Å². The second-order valence-electron chi connectivity index (χ2n) is 5.45. The smallest absolute Gasteiger partial charge is 0.354 e. The van der Waals surface area contributed by atoms with Gasteiger partial charge in [-0.05, 0) is 23.8 Å². The number of nitrogens with one attached hydrogen (secondary N) is 2. The van der Waals surface area contributed by atoms with Gasteiger partial charge in [0, 0.05) is 17.8 Å². The maximum Gasteiger partial charge on any atom is 0.354 e. The number of methoxy groups -OCH3 is 2. The largest absolute Gasteiger partial charge is 0.466 e. The quantitative estimate of drug-likeness (QED) is 0.575. The van der Waals surface area contributed by atoms with Crippen molar-refractivity contribution in [2.24, 2.45) is 0 Å². The molecule has 0 spiro atoms. The number of carbonyl (C=O) groups excluding carboxylic acids is 3. The summed E-state index contributed by atoms with van der Waals surface area (Å²) in [5.41, 5.74) is 1.72. The van der Waals surface area contributed by atoms with Crippen molar-refractivity contribution in [1.29, 1.82) is 0 Å². The zero-order chi connectivity index (χ0) is 19.6. The molecule has 0 radical (unpaired) electrons. The van der Waals surface area contributed by atoms with Crippen LogP contribution >= 0.6 is 0 Å². The number of rotatable bonds is 7. The van der Waals surface area contributed by atoms with Crippen molar-refractivity contribution in [3.05, 3.63) is 77.5 Å². The molecule has 0 fully saturated rings. The van der Waals surface area contributed by atoms with Crippen LogP contribution in [0.1, 0.15) is 15.9 Å². The van der Waals surface area contributed by atoms with Crippen LogP contribution in [0.5, 0.6) is 0 Å². The predicted molar refractivity (Wildman–Crippen MR) is 99.8 cm³/mol. The van der Waals surface area contributed by atoms with E-state index < -0.39 is 11.9 Å². The second kappa shape index (κ2) is 9.76. The molecule has 0 saturated carbocycles. The molecular weight excluding hydrogens is 348 g/mol. The molecule has 2 aromatic rings. The highest BCUT2D eigenvalue weighted by Gasteiger charge is 2.14. The van der Waals surface area contributed by atoms with Gasteiger partial charge in [-0.1, -0.05) is 36.4 Å². The van der Waals surface area contributed by atoms with Crippen LogP contribution in [0.4, 0.5) is 5.69 Å². The number of anilines is 1. The Morgan fingerprint density at radius 3 is 2.37 bits per heavy atom. The second-order valence-corrected chi connectivity index (χ2v) is 5.45. The standard InChI is InChI=1S/C20H20N2O5/c1-26-18(23)12-17(20(25)27-2)22-16-10-6-9-15(11-16)19(24)21-13-14-7-4-3-5-8-14/h3-12,22H,13H2,1-2H3,(H,21,24)/b17-12+. The molecule has 0 aromatic heterocycles. The molecule has 7 nitrogen and oxygen atoms in total. The van der Waals surface area contributed by atoms with Gasteiger partial charge in [0.15, 0.2) is 0 Å². The molecule has 2 aromatic carbocycles. The molecule has 0 aliphatic rings. The Morgan fingerprint density at radius 2 is 1.70 bits per heavy atom. The van der Waals surface area contributed by atoms with E-state index in [1.54, 1.807) is 24.3 Å². The van der Waals surface area contributed by atoms with Gasteiger partial charge >= 0.3 is 11.9 Å². The molecule has 0 aliphatic carbocycles. The lowest BCUT2D eigenvalue weighted by atomic mass is 10.1. The van der Waals surface area contributed by atoms with Crippen LogP contribution in [0, 0.1) is 0 Å². The van der Waals surface area contributed by atoms with E-state index in [1.165, 1.54) is 14.2 Å². The summed E-state index contributed by atoms with van der Waals surface area (Å²) in [5.74, 6) is -1.71. The average molecular weight is 368 g/mol. The fourth-order valence-electron chi connectivity index (χ4n) is 2.21. The third-order valence-electron chi connectivity index (χ3n) is 3.57. The van der Waals surface area contributed by atoms with E-state index in [4.69, 9.17) is 0 Å². The Balaban J connectivity index is 2.11. The lowest BCUT2D eigenvalue weighted by Gasteiger charge is -2.11. The van der Waals surface area contributed by atoms with Crippen LogP contribution in [-0.4, -0.2) is 32.1 Å². The van der Waals surface area contributed by atoms with E-state index in [0.717, 1.165) is 11.6 Å². The summed E-state index contributed by atoms with van der Waals surface area (Å²) in [7, 11) is 2.40. The first kappa shape index (κ1) is 19.7. The molecule has 7 heteroatoms. The highest BCUT2D eigenvalue weighted by molar-refractivity contribution is 5.99. The number of esters is 2. The number of ether oxygens (including phenoxy) is 2. The van der Waals surface area contributed by atoms with Crippen molar-refractivity contribution in [2.45, 2.75) is 6.54 Å². The molecule has 2 rings (SSSR count). The minimum absolute atomic E-state index is 0.105. The highest BCUT2D eigenvalue weighted by Crippen LogP contribution is 2.14. The van der Waals surface area contributed by atoms with Gasteiger partial charge < -0.3 is 20.1 Å². The SMILES string of the molecule is COC(=O)/C=C(/Nc1cccc(C(=O)NCc2ccccc2)c1)C(=O)OC. The first-order valence-corrected chi connectivity index (χ1v) is 8.10. The van der Waals surface area contributed by atoms with E-state index in [-0.39, 0.29) is 11.6 Å². The topological polar surface area (TPSA) is 93.7 Å². The number of hydrogen-bond donors (Lipinski definition) is 2. The summed E-state index contributed by atoms with van der Waals surface area (Å²) >= 11 is 0. The van der Waals surface area contributed by atoms with Gasteiger partial charge in [0.25, 0.3) is 5.91 Å². The van der Waals surface area contributed by atoms with Crippen molar-refractivity contribution >= 4 is 23.5 Å². The lowest BCUT2D eigenvalue weighted by molar-refractivity contribution is -0.138. The lowest BCUT2D eigenvalue weighted by Crippen LogP contribution is -2.23. The highest BCUT2D eigenvalue weighted by atomic mass is 16.5. The maximum absolute atomic E-state index is 12.4. The fraction of sp³-hybridized carbons (Fsp3) is 0.150. The Morgan fingerprint density at radius 1 is 0.963 bits per heavy atom. The number of hydrogen-bond acceptors (Lipinski definition) is 6. The third-order valence-corrected chi connectivity index (χ3v) is 3.57. The summed E-state index contributed by atoms with van der Waals surface area (Å²) < 4.78 is 9.16. The summed E-state index contributed by atoms with van der Waals surface area (Å²) in [5, 5.41) is 5.59. The van der Waals surface area contributed by atoms with Gasteiger partial charge in [-0.15, -0.1) is 0 Å². The summed E-state index contributed by atoms with van der Waals surface area (Å²) in [4.78, 5) is 35.6. The van der Waals surface area contributed by atoms with Gasteiger partial charge in [-0.2, -0.15) is 0 Å². The van der Waals surface area contributed by atoms with Crippen molar-refractivity contribution < 1.29 is 23.9 Å². The Labute approximate surface area is 157 Å². The normalized spacial score (nSPS) is 10.7. The van der Waals surface area contributed by atoms with E-state index in [2.05, 4.69) is 20.1 Å². The Bertz CT molecular complexity index is 846. The first-order valence-electron chi connectivity index (χ1n) is 8.10. The number of benzene rings is 2. The molecule has 0 atom stereocenters. The van der Waals surface area contributed by atoms with Crippen molar-refractivity contribution in [3.8, 4) is 0 Å². The monoisotopic (exact) mass is 368 g/mol. The van der Waals surface area contributed by atoms with Crippen LogP contribution < -0.4 is 10.6 Å². The summed E-state index contributed by atoms with van der Waals surface area (Å²) in [6.45, 7) is 0.396. The van der Waals surface area contributed by atoms with Crippen LogP contribution in [-0.2, 0) is 25.6 Å². The molecule has 2 N–H and O–H groups in total. The average Bonchev–Trinajstić information content (AvgIpc) is 2.71. The third kappa shape index (κ3) is 6.00. The van der Waals surface area contributed by atoms with E-state index in [9.17, 15) is 14.4 Å². The summed E-state index contributed by atoms with van der Waals surface area (Å²) in [6, 6.07) is 16.1. The van der Waals surface area contributed by atoms with Gasteiger partial charge in [0.05, 0.1) is 20.3 Å². The van der Waals surface area contributed by atoms with Gasteiger partial charge in [-0.3, -0.25) is 4.79 Å². The summed E-state index contributed by atoms with van der Waals surface area (Å²) in [6.07, 6.45) is 0.980. The minimum atomic E-state index is -0.737. The van der Waals surface area contributed by atoms with Gasteiger partial charge in [-0.25, -0.2) is 9.59 Å². The van der Waals surface area contributed by atoms with Gasteiger partial charge in [0.1, 0.15) is 5.70 Å². The molecule has 140 valence electrons. The van der Waals surface area contributed by atoms with Crippen LogP contribution in [0.2, 0.25) is 0 Å². The molecule has 1 amide bonds. The van der Waals surface area contributed by atoms with Crippen LogP contribution in [0.15, 0.2) is 66.4 Å². The zero-order valence-electron chi connectivity index (χ0n) is 15.0. The Kier molecular flexibility index (Phi) is 7.13. The first-order chi connectivity index (χ1) is 13.0. The molecule has 0 unspecified atom stereocenters. The van der Waals surface area contributed by atoms with Gasteiger partial charge in [0.2, 0.25) is 0 Å². The molecule has 27 heavy (non-hydrogen) atoms. The zero-order valence-corrected chi connectivity index (χ0v) is 15.0. The molecule has 0 saturated heterocycles. The maximum atomic E-state index is 12.4. The number of amides is 1. The van der Waals surface area contributed by atoms with Crippen molar-refractivity contribution in [1.82, 2.24) is 5.32 Å². The van der Waals surface area contributed by atoms with Crippen LogP contribution in [0.3, 0.4) is 0 Å². The van der Waals surface area contributed by atoms with E-state index >= 15 is 0 Å². The molecule has 0 heterocycles. The molecular formula is C20H20N2O5. The number of carbonyl (C=O) groups is 3. The minimum Gasteiger partial charge on any atom is -0.466 e.